The summed E-state index contributed by atoms with van der Waals surface area (Å²) >= 11 is 1.14. The summed E-state index contributed by atoms with van der Waals surface area (Å²) < 4.78 is 11.4. The van der Waals surface area contributed by atoms with Crippen LogP contribution in [0, 0.1) is 0 Å². The van der Waals surface area contributed by atoms with Crippen molar-refractivity contribution in [3.05, 3.63) is 27.4 Å². The van der Waals surface area contributed by atoms with Gasteiger partial charge in [0.15, 0.2) is 11.3 Å². The molecule has 1 aromatic heterocycles. The highest BCUT2D eigenvalue weighted by Gasteiger charge is 2.19. The number of hydrogen-bond donors (Lipinski definition) is 1. The van der Waals surface area contributed by atoms with Crippen molar-refractivity contribution >= 4 is 21.6 Å². The van der Waals surface area contributed by atoms with Crippen molar-refractivity contribution in [3.8, 4) is 5.75 Å². The summed E-state index contributed by atoms with van der Waals surface area (Å²) in [6, 6.07) is 4.06. The molecule has 5 heteroatoms. The number of hydrogen-bond acceptors (Lipinski definition) is 5. The fourth-order valence-electron chi connectivity index (χ4n) is 2.49. The first-order chi connectivity index (χ1) is 8.78. The standard InChI is InChI=1S/C13H15NO3S/c1-16-10-5-9(8-3-2-4-14-7-8)6-11-12(10)17-13(15)18-11/h5-6,8,14H,2-4,7H2,1H3. The normalized spacial score (nSPS) is 20.2. The Morgan fingerprint density at radius 1 is 1.50 bits per heavy atom. The fraction of sp³-hybridized carbons (Fsp3) is 0.462. The average molecular weight is 265 g/mol. The van der Waals surface area contributed by atoms with Gasteiger partial charge in [-0.25, -0.2) is 4.79 Å². The van der Waals surface area contributed by atoms with E-state index < -0.39 is 0 Å². The molecule has 4 nitrogen and oxygen atoms in total. The third kappa shape index (κ3) is 2.04. The van der Waals surface area contributed by atoms with E-state index in [0.29, 0.717) is 17.3 Å². The smallest absolute Gasteiger partial charge is 0.396 e. The van der Waals surface area contributed by atoms with Crippen LogP contribution >= 0.6 is 11.3 Å². The lowest BCUT2D eigenvalue weighted by Crippen LogP contribution is -2.28. The molecule has 1 unspecified atom stereocenters. The van der Waals surface area contributed by atoms with E-state index in [-0.39, 0.29) is 4.94 Å². The minimum atomic E-state index is -0.276. The monoisotopic (exact) mass is 265 g/mol. The molecule has 1 fully saturated rings. The van der Waals surface area contributed by atoms with Crippen molar-refractivity contribution in [3.63, 3.8) is 0 Å². The molecule has 1 saturated heterocycles. The van der Waals surface area contributed by atoms with Crippen LogP contribution in [0.3, 0.4) is 0 Å². The lowest BCUT2D eigenvalue weighted by atomic mass is 9.91. The highest BCUT2D eigenvalue weighted by Crippen LogP contribution is 2.34. The molecule has 1 aromatic carbocycles. The minimum absolute atomic E-state index is 0.276. The molecule has 1 N–H and O–H groups in total. The number of nitrogens with one attached hydrogen (secondary N) is 1. The van der Waals surface area contributed by atoms with Gasteiger partial charge in [0.25, 0.3) is 0 Å². The molecule has 0 saturated carbocycles. The average Bonchev–Trinajstić information content (AvgIpc) is 2.78. The Bertz CT molecular complexity index is 610. The summed E-state index contributed by atoms with van der Waals surface area (Å²) in [7, 11) is 1.61. The Morgan fingerprint density at radius 3 is 3.11 bits per heavy atom. The Morgan fingerprint density at radius 2 is 2.39 bits per heavy atom. The van der Waals surface area contributed by atoms with Crippen molar-refractivity contribution in [2.45, 2.75) is 18.8 Å². The maximum atomic E-state index is 11.3. The van der Waals surface area contributed by atoms with Gasteiger partial charge in [0.05, 0.1) is 11.8 Å². The summed E-state index contributed by atoms with van der Waals surface area (Å²) in [5.74, 6) is 1.15. The number of fused-ring (bicyclic) bond motifs is 1. The van der Waals surface area contributed by atoms with Crippen LogP contribution in [0.1, 0.15) is 24.3 Å². The van der Waals surface area contributed by atoms with E-state index in [0.717, 1.165) is 29.1 Å². The first-order valence-electron chi connectivity index (χ1n) is 6.10. The van der Waals surface area contributed by atoms with E-state index in [1.54, 1.807) is 7.11 Å². The molecule has 1 aliphatic heterocycles. The van der Waals surface area contributed by atoms with Crippen molar-refractivity contribution < 1.29 is 9.15 Å². The third-order valence-electron chi connectivity index (χ3n) is 3.41. The number of piperidine rings is 1. The van der Waals surface area contributed by atoms with Gasteiger partial charge in [0, 0.05) is 6.54 Å². The predicted octanol–water partition coefficient (Wildman–Crippen LogP) is 2.33. The van der Waals surface area contributed by atoms with Crippen molar-refractivity contribution in [1.29, 1.82) is 0 Å². The van der Waals surface area contributed by atoms with Gasteiger partial charge in [-0.05, 0) is 43.0 Å². The Balaban J connectivity index is 2.09. The highest BCUT2D eigenvalue weighted by molar-refractivity contribution is 7.16. The van der Waals surface area contributed by atoms with Crippen LogP contribution in [-0.4, -0.2) is 20.2 Å². The van der Waals surface area contributed by atoms with Crippen molar-refractivity contribution in [1.82, 2.24) is 5.32 Å². The van der Waals surface area contributed by atoms with E-state index in [9.17, 15) is 4.79 Å². The van der Waals surface area contributed by atoms with Gasteiger partial charge < -0.3 is 14.5 Å². The third-order valence-corrected chi connectivity index (χ3v) is 4.18. The van der Waals surface area contributed by atoms with Crippen LogP contribution in [0.5, 0.6) is 5.75 Å². The molecule has 0 bridgehead atoms. The molecule has 0 aliphatic carbocycles. The quantitative estimate of drug-likeness (QED) is 0.905. The fourth-order valence-corrected chi connectivity index (χ4v) is 3.23. The maximum Gasteiger partial charge on any atom is 0.396 e. The lowest BCUT2D eigenvalue weighted by molar-refractivity contribution is 0.406. The first-order valence-corrected chi connectivity index (χ1v) is 6.92. The Hall–Kier alpha value is -1.33. The second kappa shape index (κ2) is 4.74. The Labute approximate surface area is 109 Å². The molecular formula is C13H15NO3S. The number of ether oxygens (including phenoxy) is 1. The first kappa shape index (κ1) is 11.7. The van der Waals surface area contributed by atoms with Crippen LogP contribution in [0.15, 0.2) is 21.3 Å². The zero-order valence-electron chi connectivity index (χ0n) is 10.2. The summed E-state index contributed by atoms with van der Waals surface area (Å²) in [6.07, 6.45) is 2.36. The summed E-state index contributed by atoms with van der Waals surface area (Å²) in [6.45, 7) is 2.08. The van der Waals surface area contributed by atoms with E-state index in [2.05, 4.69) is 11.4 Å². The van der Waals surface area contributed by atoms with Crippen LogP contribution in [0.2, 0.25) is 0 Å². The van der Waals surface area contributed by atoms with Gasteiger partial charge in [-0.3, -0.25) is 0 Å². The van der Waals surface area contributed by atoms with E-state index in [1.165, 1.54) is 18.4 Å². The topological polar surface area (TPSA) is 51.5 Å². The van der Waals surface area contributed by atoms with Crippen LogP contribution in [0.4, 0.5) is 0 Å². The summed E-state index contributed by atoms with van der Waals surface area (Å²) in [5.41, 5.74) is 1.80. The molecule has 96 valence electrons. The van der Waals surface area contributed by atoms with Crippen molar-refractivity contribution in [2.75, 3.05) is 20.2 Å². The molecule has 2 heterocycles. The molecule has 18 heavy (non-hydrogen) atoms. The highest BCUT2D eigenvalue weighted by atomic mass is 32.1. The van der Waals surface area contributed by atoms with Gasteiger partial charge >= 0.3 is 4.94 Å². The Kier molecular flexibility index (Phi) is 3.09. The molecular weight excluding hydrogens is 250 g/mol. The van der Waals surface area contributed by atoms with Crippen LogP contribution in [-0.2, 0) is 0 Å². The number of benzene rings is 1. The molecule has 0 amide bonds. The minimum Gasteiger partial charge on any atom is -0.493 e. The molecule has 3 rings (SSSR count). The number of methoxy groups -OCH3 is 1. The SMILES string of the molecule is COc1cc(C2CCCNC2)cc2sc(=O)oc12. The lowest BCUT2D eigenvalue weighted by Gasteiger charge is -2.23. The number of rotatable bonds is 2. The summed E-state index contributed by atoms with van der Waals surface area (Å²) in [4.78, 5) is 11.1. The van der Waals surface area contributed by atoms with Gasteiger partial charge in [0.2, 0.25) is 0 Å². The molecule has 2 aromatic rings. The van der Waals surface area contributed by atoms with Crippen LogP contribution < -0.4 is 15.0 Å². The van der Waals surface area contributed by atoms with Gasteiger partial charge in [-0.15, -0.1) is 0 Å². The molecule has 1 atom stereocenters. The second-order valence-corrected chi connectivity index (χ2v) is 5.53. The zero-order valence-corrected chi connectivity index (χ0v) is 11.0. The maximum absolute atomic E-state index is 11.3. The van der Waals surface area contributed by atoms with E-state index in [1.807, 2.05) is 6.07 Å². The zero-order chi connectivity index (χ0) is 12.5. The second-order valence-electron chi connectivity index (χ2n) is 4.55. The van der Waals surface area contributed by atoms with E-state index >= 15 is 0 Å². The predicted molar refractivity (Wildman–Crippen MR) is 71.8 cm³/mol. The van der Waals surface area contributed by atoms with Gasteiger partial charge in [-0.1, -0.05) is 11.3 Å². The van der Waals surface area contributed by atoms with Gasteiger partial charge in [-0.2, -0.15) is 0 Å². The summed E-state index contributed by atoms with van der Waals surface area (Å²) in [5, 5.41) is 3.40. The van der Waals surface area contributed by atoms with Gasteiger partial charge in [0.1, 0.15) is 0 Å². The van der Waals surface area contributed by atoms with E-state index in [4.69, 9.17) is 9.15 Å². The molecule has 0 spiro atoms. The molecule has 1 aliphatic rings. The van der Waals surface area contributed by atoms with Crippen molar-refractivity contribution in [2.24, 2.45) is 0 Å². The van der Waals surface area contributed by atoms with Crippen LogP contribution in [0.25, 0.3) is 10.3 Å². The largest absolute Gasteiger partial charge is 0.493 e. The molecule has 0 radical (unpaired) electrons.